The molecule has 0 atom stereocenters. The Kier molecular flexibility index (Phi) is 3.97. The van der Waals surface area contributed by atoms with E-state index >= 15 is 0 Å². The summed E-state index contributed by atoms with van der Waals surface area (Å²) in [5.74, 6) is 0.732. The van der Waals surface area contributed by atoms with E-state index in [-0.39, 0.29) is 17.5 Å². The van der Waals surface area contributed by atoms with Crippen LogP contribution in [0.5, 0.6) is 5.75 Å². The second-order valence-corrected chi connectivity index (χ2v) is 4.66. The molecule has 2 rings (SSSR count). The number of rotatable bonds is 3. The van der Waals surface area contributed by atoms with Gasteiger partial charge in [-0.25, -0.2) is 0 Å². The lowest BCUT2D eigenvalue weighted by Gasteiger charge is -2.18. The number of aromatic hydroxyl groups is 1. The summed E-state index contributed by atoms with van der Waals surface area (Å²) in [6, 6.07) is 6.87. The standard InChI is InChI=1S/C15H18O2/c16-14-9-6-12(7-10-14)8-11-15(17)13-4-2-1-3-5-13/h6-11,13,16H,1-5H2/b11-8+. The van der Waals surface area contributed by atoms with Gasteiger partial charge in [-0.3, -0.25) is 4.79 Å². The number of hydrogen-bond donors (Lipinski definition) is 1. The van der Waals surface area contributed by atoms with Crippen LogP contribution in [0.1, 0.15) is 37.7 Å². The fraction of sp³-hybridized carbons (Fsp3) is 0.400. The second kappa shape index (κ2) is 5.67. The summed E-state index contributed by atoms with van der Waals surface area (Å²) in [4.78, 5) is 11.9. The zero-order chi connectivity index (χ0) is 12.1. The lowest BCUT2D eigenvalue weighted by Crippen LogP contribution is -2.15. The number of phenolic OH excluding ortho intramolecular Hbond substituents is 1. The van der Waals surface area contributed by atoms with Crippen LogP contribution in [0.2, 0.25) is 0 Å². The zero-order valence-corrected chi connectivity index (χ0v) is 9.93. The normalized spacial score (nSPS) is 17.4. The highest BCUT2D eigenvalue weighted by Crippen LogP contribution is 2.24. The van der Waals surface area contributed by atoms with Crippen LogP contribution in [0.25, 0.3) is 6.08 Å². The zero-order valence-electron chi connectivity index (χ0n) is 9.93. The molecule has 0 amide bonds. The Hall–Kier alpha value is -1.57. The Morgan fingerprint density at radius 1 is 1.12 bits per heavy atom. The van der Waals surface area contributed by atoms with Crippen molar-refractivity contribution >= 4 is 11.9 Å². The van der Waals surface area contributed by atoms with Gasteiger partial charge in [-0.1, -0.05) is 37.5 Å². The lowest BCUT2D eigenvalue weighted by atomic mass is 9.86. The average molecular weight is 230 g/mol. The summed E-state index contributed by atoms with van der Waals surface area (Å²) in [7, 11) is 0. The molecule has 0 aromatic heterocycles. The lowest BCUT2D eigenvalue weighted by molar-refractivity contribution is -0.119. The highest BCUT2D eigenvalue weighted by molar-refractivity contribution is 5.95. The first kappa shape index (κ1) is 11.9. The number of phenols is 1. The van der Waals surface area contributed by atoms with Crippen molar-refractivity contribution in [1.29, 1.82) is 0 Å². The summed E-state index contributed by atoms with van der Waals surface area (Å²) in [6.45, 7) is 0. The molecule has 90 valence electrons. The van der Waals surface area contributed by atoms with Crippen LogP contribution in [0.15, 0.2) is 30.3 Å². The van der Waals surface area contributed by atoms with Gasteiger partial charge < -0.3 is 5.11 Å². The first-order chi connectivity index (χ1) is 8.25. The van der Waals surface area contributed by atoms with E-state index in [2.05, 4.69) is 0 Å². The summed E-state index contributed by atoms with van der Waals surface area (Å²) in [5.41, 5.74) is 0.951. The smallest absolute Gasteiger partial charge is 0.158 e. The van der Waals surface area contributed by atoms with Crippen molar-refractivity contribution < 1.29 is 9.90 Å². The van der Waals surface area contributed by atoms with Crippen molar-refractivity contribution in [2.45, 2.75) is 32.1 Å². The number of carbonyl (C=O) groups excluding carboxylic acids is 1. The Labute approximate surface area is 102 Å². The first-order valence-corrected chi connectivity index (χ1v) is 6.26. The van der Waals surface area contributed by atoms with Crippen LogP contribution >= 0.6 is 0 Å². The number of carbonyl (C=O) groups is 1. The molecule has 0 bridgehead atoms. The van der Waals surface area contributed by atoms with Crippen molar-refractivity contribution in [2.75, 3.05) is 0 Å². The molecule has 2 heteroatoms. The van der Waals surface area contributed by atoms with E-state index in [0.29, 0.717) is 0 Å². The van der Waals surface area contributed by atoms with Crippen LogP contribution in [0, 0.1) is 5.92 Å². The molecule has 1 N–H and O–H groups in total. The van der Waals surface area contributed by atoms with E-state index < -0.39 is 0 Å². The van der Waals surface area contributed by atoms with Gasteiger partial charge in [0, 0.05) is 5.92 Å². The molecule has 2 nitrogen and oxygen atoms in total. The van der Waals surface area contributed by atoms with E-state index in [0.717, 1.165) is 18.4 Å². The van der Waals surface area contributed by atoms with E-state index in [1.807, 2.05) is 6.08 Å². The molecule has 0 saturated heterocycles. The maximum absolute atomic E-state index is 11.9. The van der Waals surface area contributed by atoms with Gasteiger partial charge in [0.25, 0.3) is 0 Å². The Morgan fingerprint density at radius 3 is 2.41 bits per heavy atom. The van der Waals surface area contributed by atoms with Crippen molar-refractivity contribution in [2.24, 2.45) is 5.92 Å². The van der Waals surface area contributed by atoms with E-state index in [4.69, 9.17) is 5.11 Å². The van der Waals surface area contributed by atoms with E-state index in [1.54, 1.807) is 30.3 Å². The van der Waals surface area contributed by atoms with Gasteiger partial charge in [0.1, 0.15) is 5.75 Å². The summed E-state index contributed by atoms with van der Waals surface area (Å²) < 4.78 is 0. The van der Waals surface area contributed by atoms with Gasteiger partial charge in [0.05, 0.1) is 0 Å². The van der Waals surface area contributed by atoms with Crippen molar-refractivity contribution in [3.63, 3.8) is 0 Å². The molecule has 0 heterocycles. The summed E-state index contributed by atoms with van der Waals surface area (Å²) in [5, 5.41) is 9.15. The van der Waals surface area contributed by atoms with Crippen molar-refractivity contribution in [3.05, 3.63) is 35.9 Å². The maximum atomic E-state index is 11.9. The van der Waals surface area contributed by atoms with Gasteiger partial charge in [0.2, 0.25) is 0 Å². The third kappa shape index (κ3) is 3.45. The molecule has 1 aliphatic carbocycles. The fourth-order valence-electron chi connectivity index (χ4n) is 2.29. The fourth-order valence-corrected chi connectivity index (χ4v) is 2.29. The topological polar surface area (TPSA) is 37.3 Å². The molecule has 0 aliphatic heterocycles. The Morgan fingerprint density at radius 2 is 1.76 bits per heavy atom. The van der Waals surface area contributed by atoms with Gasteiger partial charge in [-0.2, -0.15) is 0 Å². The number of ketones is 1. The third-order valence-corrected chi connectivity index (χ3v) is 3.34. The molecule has 0 spiro atoms. The quantitative estimate of drug-likeness (QED) is 0.806. The van der Waals surface area contributed by atoms with Gasteiger partial charge in [-0.05, 0) is 36.6 Å². The summed E-state index contributed by atoms with van der Waals surface area (Å²) in [6.07, 6.45) is 9.23. The predicted octanol–water partition coefficient (Wildman–Crippen LogP) is 3.55. The molecular weight excluding hydrogens is 212 g/mol. The van der Waals surface area contributed by atoms with Gasteiger partial charge in [0.15, 0.2) is 5.78 Å². The molecule has 1 saturated carbocycles. The highest BCUT2D eigenvalue weighted by Gasteiger charge is 2.18. The van der Waals surface area contributed by atoms with Crippen molar-refractivity contribution in [1.82, 2.24) is 0 Å². The highest BCUT2D eigenvalue weighted by atomic mass is 16.3. The van der Waals surface area contributed by atoms with Gasteiger partial charge >= 0.3 is 0 Å². The second-order valence-electron chi connectivity index (χ2n) is 4.66. The molecule has 17 heavy (non-hydrogen) atoms. The minimum Gasteiger partial charge on any atom is -0.508 e. The third-order valence-electron chi connectivity index (χ3n) is 3.34. The minimum absolute atomic E-state index is 0.233. The molecule has 1 fully saturated rings. The van der Waals surface area contributed by atoms with E-state index in [1.165, 1.54) is 19.3 Å². The Balaban J connectivity index is 1.95. The van der Waals surface area contributed by atoms with Crippen LogP contribution in [0.3, 0.4) is 0 Å². The van der Waals surface area contributed by atoms with Crippen LogP contribution in [-0.4, -0.2) is 10.9 Å². The van der Waals surface area contributed by atoms with Crippen LogP contribution < -0.4 is 0 Å². The van der Waals surface area contributed by atoms with Crippen molar-refractivity contribution in [3.8, 4) is 5.75 Å². The van der Waals surface area contributed by atoms with Crippen LogP contribution in [-0.2, 0) is 4.79 Å². The van der Waals surface area contributed by atoms with Gasteiger partial charge in [-0.15, -0.1) is 0 Å². The number of benzene rings is 1. The number of hydrogen-bond acceptors (Lipinski definition) is 2. The molecule has 1 aliphatic rings. The monoisotopic (exact) mass is 230 g/mol. The van der Waals surface area contributed by atoms with E-state index in [9.17, 15) is 4.79 Å². The largest absolute Gasteiger partial charge is 0.508 e. The van der Waals surface area contributed by atoms with Crippen LogP contribution in [0.4, 0.5) is 0 Å². The molecule has 0 radical (unpaired) electrons. The molecule has 1 aromatic carbocycles. The molecule has 1 aromatic rings. The molecular formula is C15H18O2. The maximum Gasteiger partial charge on any atom is 0.158 e. The SMILES string of the molecule is O=C(/C=C/c1ccc(O)cc1)C1CCCCC1. The average Bonchev–Trinajstić information content (AvgIpc) is 2.39. The molecule has 0 unspecified atom stereocenters. The minimum atomic E-state index is 0.233. The predicted molar refractivity (Wildman–Crippen MR) is 68.7 cm³/mol. The Bertz CT molecular complexity index is 397. The first-order valence-electron chi connectivity index (χ1n) is 6.26. The number of allylic oxidation sites excluding steroid dienone is 1. The summed E-state index contributed by atoms with van der Waals surface area (Å²) >= 11 is 0.